The van der Waals surface area contributed by atoms with Crippen LogP contribution >= 0.6 is 0 Å². The van der Waals surface area contributed by atoms with E-state index in [0.29, 0.717) is 39.1 Å². The van der Waals surface area contributed by atoms with Crippen LogP contribution in [0.2, 0.25) is 0 Å². The summed E-state index contributed by atoms with van der Waals surface area (Å²) in [5.41, 5.74) is 2.28. The summed E-state index contributed by atoms with van der Waals surface area (Å²) in [5, 5.41) is 3.27. The molecule has 2 aromatic heterocycles. The lowest BCUT2D eigenvalue weighted by Crippen LogP contribution is -2.17. The molecular formula is C21H16F3N3O2. The topological polar surface area (TPSA) is 56.1 Å². The number of halogens is 3. The number of carbonyl (C=O) groups excluding carboxylic acids is 1. The summed E-state index contributed by atoms with van der Waals surface area (Å²) in [6, 6.07) is 13.5. The molecule has 1 amide bonds. The van der Waals surface area contributed by atoms with Crippen molar-refractivity contribution in [2.75, 3.05) is 14.2 Å². The Labute approximate surface area is 163 Å². The summed E-state index contributed by atoms with van der Waals surface area (Å²) in [6.45, 7) is 0. The molecule has 0 radical (unpaired) electrons. The van der Waals surface area contributed by atoms with E-state index in [2.05, 4.69) is 10.3 Å². The van der Waals surface area contributed by atoms with E-state index < -0.39 is 11.7 Å². The van der Waals surface area contributed by atoms with Gasteiger partial charge in [0.2, 0.25) is 5.88 Å². The molecule has 0 bridgehead atoms. The maximum atomic E-state index is 12.9. The van der Waals surface area contributed by atoms with E-state index in [-0.39, 0.29) is 5.91 Å². The van der Waals surface area contributed by atoms with Crippen LogP contribution in [0.15, 0.2) is 54.6 Å². The molecule has 0 unspecified atom stereocenters. The van der Waals surface area contributed by atoms with Gasteiger partial charge in [0.1, 0.15) is 5.52 Å². The lowest BCUT2D eigenvalue weighted by Gasteiger charge is -2.11. The van der Waals surface area contributed by atoms with E-state index in [4.69, 9.17) is 4.74 Å². The first kappa shape index (κ1) is 18.8. The summed E-state index contributed by atoms with van der Waals surface area (Å²) >= 11 is 0. The number of fused-ring (bicyclic) bond motifs is 3. The standard InChI is InChI=1S/C21H16F3N3O2/c1-25-20(28)12-3-8-16-15(11-12)19-17(9-10-18(26-19)29-2)27(16)14-6-4-13(5-7-14)21(22,23)24/h3-11H,1-2H3,(H,25,28). The fourth-order valence-electron chi connectivity index (χ4n) is 3.34. The zero-order valence-corrected chi connectivity index (χ0v) is 15.5. The maximum absolute atomic E-state index is 12.9. The van der Waals surface area contributed by atoms with E-state index in [9.17, 15) is 18.0 Å². The Morgan fingerprint density at radius 3 is 2.34 bits per heavy atom. The first-order chi connectivity index (χ1) is 13.8. The van der Waals surface area contributed by atoms with Gasteiger partial charge in [-0.25, -0.2) is 4.98 Å². The fraction of sp³-hybridized carbons (Fsp3) is 0.143. The molecule has 0 atom stereocenters. The van der Waals surface area contributed by atoms with Crippen molar-refractivity contribution in [3.63, 3.8) is 0 Å². The summed E-state index contributed by atoms with van der Waals surface area (Å²) < 4.78 is 45.8. The van der Waals surface area contributed by atoms with Crippen LogP contribution in [0.5, 0.6) is 5.88 Å². The smallest absolute Gasteiger partial charge is 0.416 e. The number of pyridine rings is 1. The normalized spacial score (nSPS) is 11.8. The second-order valence-electron chi connectivity index (χ2n) is 6.41. The van der Waals surface area contributed by atoms with Gasteiger partial charge in [0.15, 0.2) is 0 Å². The van der Waals surface area contributed by atoms with Gasteiger partial charge in [-0.2, -0.15) is 13.2 Å². The Balaban J connectivity index is 2.00. The highest BCUT2D eigenvalue weighted by molar-refractivity contribution is 6.10. The van der Waals surface area contributed by atoms with Crippen LogP contribution < -0.4 is 10.1 Å². The maximum Gasteiger partial charge on any atom is 0.416 e. The van der Waals surface area contributed by atoms with Crippen molar-refractivity contribution in [2.24, 2.45) is 0 Å². The number of nitrogens with one attached hydrogen (secondary N) is 1. The van der Waals surface area contributed by atoms with Gasteiger partial charge in [-0.3, -0.25) is 4.79 Å². The summed E-state index contributed by atoms with van der Waals surface area (Å²) in [7, 11) is 3.04. The average molecular weight is 399 g/mol. The second kappa shape index (κ2) is 6.80. The molecule has 0 aliphatic heterocycles. The van der Waals surface area contributed by atoms with Crippen molar-refractivity contribution >= 4 is 27.8 Å². The lowest BCUT2D eigenvalue weighted by molar-refractivity contribution is -0.137. The zero-order valence-electron chi connectivity index (χ0n) is 15.5. The molecular weight excluding hydrogens is 383 g/mol. The number of methoxy groups -OCH3 is 1. The molecule has 0 aliphatic carbocycles. The molecule has 0 fully saturated rings. The minimum absolute atomic E-state index is 0.245. The summed E-state index contributed by atoms with van der Waals surface area (Å²) in [4.78, 5) is 16.6. The number of carbonyl (C=O) groups is 1. The third-order valence-corrected chi connectivity index (χ3v) is 4.73. The van der Waals surface area contributed by atoms with E-state index in [1.807, 2.05) is 4.57 Å². The number of rotatable bonds is 3. The zero-order chi connectivity index (χ0) is 20.8. The minimum Gasteiger partial charge on any atom is -0.481 e. The molecule has 2 heterocycles. The molecule has 8 heteroatoms. The Kier molecular flexibility index (Phi) is 4.41. The molecule has 0 saturated carbocycles. The molecule has 1 N–H and O–H groups in total. The molecule has 148 valence electrons. The van der Waals surface area contributed by atoms with Gasteiger partial charge in [-0.1, -0.05) is 0 Å². The second-order valence-corrected chi connectivity index (χ2v) is 6.41. The van der Waals surface area contributed by atoms with Crippen LogP contribution in [0.1, 0.15) is 15.9 Å². The van der Waals surface area contributed by atoms with Crippen LogP contribution in [0.25, 0.3) is 27.6 Å². The highest BCUT2D eigenvalue weighted by atomic mass is 19.4. The van der Waals surface area contributed by atoms with Crippen LogP contribution in [-0.4, -0.2) is 29.6 Å². The quantitative estimate of drug-likeness (QED) is 0.549. The number of alkyl halides is 3. The van der Waals surface area contributed by atoms with Gasteiger partial charge in [0, 0.05) is 29.8 Å². The van der Waals surface area contributed by atoms with Gasteiger partial charge in [-0.05, 0) is 48.5 Å². The lowest BCUT2D eigenvalue weighted by atomic mass is 10.1. The van der Waals surface area contributed by atoms with Crippen molar-refractivity contribution in [3.8, 4) is 11.6 Å². The number of aromatic nitrogens is 2. The van der Waals surface area contributed by atoms with Crippen molar-refractivity contribution in [1.29, 1.82) is 0 Å². The third-order valence-electron chi connectivity index (χ3n) is 4.73. The molecule has 4 rings (SSSR count). The van der Waals surface area contributed by atoms with Crippen LogP contribution in [0, 0.1) is 0 Å². The Morgan fingerprint density at radius 1 is 1.03 bits per heavy atom. The molecule has 4 aromatic rings. The molecule has 0 spiro atoms. The number of hydrogen-bond acceptors (Lipinski definition) is 3. The summed E-state index contributed by atoms with van der Waals surface area (Å²) in [5.74, 6) is 0.152. The predicted octanol–water partition coefficient (Wildman–Crippen LogP) is 4.57. The van der Waals surface area contributed by atoms with Gasteiger partial charge in [-0.15, -0.1) is 0 Å². The number of hydrogen-bond donors (Lipinski definition) is 1. The monoisotopic (exact) mass is 399 g/mol. The van der Waals surface area contributed by atoms with Gasteiger partial charge >= 0.3 is 6.18 Å². The van der Waals surface area contributed by atoms with E-state index in [0.717, 1.165) is 12.1 Å². The highest BCUT2D eigenvalue weighted by Gasteiger charge is 2.30. The van der Waals surface area contributed by atoms with Crippen molar-refractivity contribution in [2.45, 2.75) is 6.18 Å². The predicted molar refractivity (Wildman–Crippen MR) is 104 cm³/mol. The molecule has 0 aliphatic rings. The molecule has 2 aromatic carbocycles. The largest absolute Gasteiger partial charge is 0.481 e. The van der Waals surface area contributed by atoms with Crippen LogP contribution in [0.3, 0.4) is 0 Å². The van der Waals surface area contributed by atoms with E-state index in [1.165, 1.54) is 19.2 Å². The number of nitrogens with zero attached hydrogens (tertiary/aromatic N) is 2. The van der Waals surface area contributed by atoms with Crippen LogP contribution in [-0.2, 0) is 6.18 Å². The SMILES string of the molecule is CNC(=O)c1ccc2c(c1)c1nc(OC)ccc1n2-c1ccc(C(F)(F)F)cc1. The van der Waals surface area contributed by atoms with Gasteiger partial charge < -0.3 is 14.6 Å². The number of benzene rings is 2. The van der Waals surface area contributed by atoms with Crippen molar-refractivity contribution in [3.05, 3.63) is 65.7 Å². The number of amides is 1. The first-order valence-electron chi connectivity index (χ1n) is 8.72. The third kappa shape index (κ3) is 3.16. The first-order valence-corrected chi connectivity index (χ1v) is 8.72. The van der Waals surface area contributed by atoms with Crippen molar-refractivity contribution in [1.82, 2.24) is 14.9 Å². The van der Waals surface area contributed by atoms with E-state index >= 15 is 0 Å². The average Bonchev–Trinajstić information content (AvgIpc) is 3.05. The highest BCUT2D eigenvalue weighted by Crippen LogP contribution is 2.34. The van der Waals surface area contributed by atoms with E-state index in [1.54, 1.807) is 37.4 Å². The Morgan fingerprint density at radius 2 is 1.72 bits per heavy atom. The van der Waals surface area contributed by atoms with Gasteiger partial charge in [0.05, 0.1) is 23.7 Å². The molecule has 29 heavy (non-hydrogen) atoms. The van der Waals surface area contributed by atoms with Gasteiger partial charge in [0.25, 0.3) is 5.91 Å². The Hall–Kier alpha value is -3.55. The number of ether oxygens (including phenoxy) is 1. The molecule has 5 nitrogen and oxygen atoms in total. The minimum atomic E-state index is -4.41. The molecule has 0 saturated heterocycles. The summed E-state index contributed by atoms with van der Waals surface area (Å²) in [6.07, 6.45) is -4.41. The fourth-order valence-corrected chi connectivity index (χ4v) is 3.34. The van der Waals surface area contributed by atoms with Crippen molar-refractivity contribution < 1.29 is 22.7 Å². The Bertz CT molecular complexity index is 1230. The van der Waals surface area contributed by atoms with Crippen LogP contribution in [0.4, 0.5) is 13.2 Å².